The van der Waals surface area contributed by atoms with E-state index in [-0.39, 0.29) is 24.8 Å². The lowest BCUT2D eigenvalue weighted by molar-refractivity contribution is 0.394. The van der Waals surface area contributed by atoms with Gasteiger partial charge in [0.25, 0.3) is 0 Å². The first-order chi connectivity index (χ1) is 11.2. The molecule has 3 nitrogen and oxygen atoms in total. The van der Waals surface area contributed by atoms with Crippen LogP contribution in [0, 0.1) is 0 Å². The average molecular weight is 382 g/mol. The van der Waals surface area contributed by atoms with Crippen LogP contribution in [0.1, 0.15) is 18.9 Å². The molecule has 5 heteroatoms. The maximum atomic E-state index is 3.56. The van der Waals surface area contributed by atoms with Crippen LogP contribution in [0.25, 0.3) is 21.8 Å². The van der Waals surface area contributed by atoms with Crippen LogP contribution >= 0.6 is 24.8 Å². The van der Waals surface area contributed by atoms with E-state index in [1.54, 1.807) is 0 Å². The van der Waals surface area contributed by atoms with E-state index in [0.29, 0.717) is 0 Å². The maximum Gasteiger partial charge on any atom is 0.0491 e. The molecule has 0 atom stereocenters. The smallest absolute Gasteiger partial charge is 0.0491 e. The highest BCUT2D eigenvalue weighted by atomic mass is 35.5. The summed E-state index contributed by atoms with van der Waals surface area (Å²) in [6.07, 6.45) is 1.18. The van der Waals surface area contributed by atoms with Crippen molar-refractivity contribution in [3.8, 4) is 0 Å². The van der Waals surface area contributed by atoms with Crippen LogP contribution in [-0.4, -0.2) is 36.7 Å². The Labute approximate surface area is 163 Å². The Bertz CT molecular complexity index is 796. The Kier molecular flexibility index (Phi) is 8.74. The lowest BCUT2D eigenvalue weighted by Gasteiger charge is -2.10. The number of benzene rings is 2. The number of nitrogens with zero attached hydrogens (tertiary/aromatic N) is 2. The van der Waals surface area contributed by atoms with Gasteiger partial charge in [-0.15, -0.1) is 24.8 Å². The summed E-state index contributed by atoms with van der Waals surface area (Å²) >= 11 is 0. The molecule has 1 heterocycles. The van der Waals surface area contributed by atoms with E-state index in [9.17, 15) is 0 Å². The maximum absolute atomic E-state index is 3.56. The number of aryl methyl sites for hydroxylation is 1. The highest BCUT2D eigenvalue weighted by Gasteiger charge is 2.09. The topological polar surface area (TPSA) is 20.2 Å². The number of fused-ring (bicyclic) bond motifs is 3. The zero-order chi connectivity index (χ0) is 16.2. The number of nitrogens with one attached hydrogen (secondary N) is 1. The molecule has 0 bridgehead atoms. The lowest BCUT2D eigenvalue weighted by Crippen LogP contribution is -2.20. The molecule has 0 saturated heterocycles. The zero-order valence-corrected chi connectivity index (χ0v) is 16.9. The lowest BCUT2D eigenvalue weighted by atomic mass is 10.1. The van der Waals surface area contributed by atoms with Crippen LogP contribution in [0.2, 0.25) is 0 Å². The van der Waals surface area contributed by atoms with Gasteiger partial charge in [-0.3, -0.25) is 0 Å². The van der Waals surface area contributed by atoms with Crippen LogP contribution in [0.4, 0.5) is 0 Å². The predicted molar refractivity (Wildman–Crippen MR) is 114 cm³/mol. The van der Waals surface area contributed by atoms with Gasteiger partial charge in [0, 0.05) is 34.9 Å². The predicted octanol–water partition coefficient (Wildman–Crippen LogP) is 4.70. The Morgan fingerprint density at radius 3 is 2.40 bits per heavy atom. The molecule has 0 radical (unpaired) electrons. The number of rotatable bonds is 7. The second-order valence-electron chi connectivity index (χ2n) is 6.45. The number of aromatic nitrogens is 1. The van der Waals surface area contributed by atoms with Crippen molar-refractivity contribution >= 4 is 46.6 Å². The summed E-state index contributed by atoms with van der Waals surface area (Å²) in [6, 6.07) is 15.6. The molecule has 0 spiro atoms. The van der Waals surface area contributed by atoms with Crippen molar-refractivity contribution in [2.24, 2.45) is 0 Å². The van der Waals surface area contributed by atoms with E-state index in [2.05, 4.69) is 78.3 Å². The zero-order valence-electron chi connectivity index (χ0n) is 15.3. The van der Waals surface area contributed by atoms with E-state index in [1.165, 1.54) is 33.8 Å². The van der Waals surface area contributed by atoms with Gasteiger partial charge in [-0.25, -0.2) is 0 Å². The minimum atomic E-state index is 0. The highest BCUT2D eigenvalue weighted by Crippen LogP contribution is 2.29. The average Bonchev–Trinajstić information content (AvgIpc) is 2.87. The second-order valence-corrected chi connectivity index (χ2v) is 6.45. The van der Waals surface area contributed by atoms with Crippen LogP contribution in [-0.2, 0) is 13.1 Å². The summed E-state index contributed by atoms with van der Waals surface area (Å²) in [5, 5.41) is 6.29. The van der Waals surface area contributed by atoms with Crippen LogP contribution in [0.3, 0.4) is 0 Å². The minimum Gasteiger partial charge on any atom is -0.341 e. The summed E-state index contributed by atoms with van der Waals surface area (Å²) < 4.78 is 2.40. The van der Waals surface area contributed by atoms with Crippen molar-refractivity contribution in [2.45, 2.75) is 26.4 Å². The number of hydrogen-bond acceptors (Lipinski definition) is 2. The Morgan fingerprint density at radius 2 is 1.68 bits per heavy atom. The van der Waals surface area contributed by atoms with E-state index in [0.717, 1.165) is 26.2 Å². The largest absolute Gasteiger partial charge is 0.341 e. The van der Waals surface area contributed by atoms with Crippen molar-refractivity contribution in [2.75, 3.05) is 27.2 Å². The molecule has 1 aromatic heterocycles. The summed E-state index contributed by atoms with van der Waals surface area (Å²) in [5.74, 6) is 0. The number of para-hydroxylation sites is 1. The molecule has 2 aromatic carbocycles. The molecule has 3 rings (SSSR count). The Morgan fingerprint density at radius 1 is 0.960 bits per heavy atom. The van der Waals surface area contributed by atoms with Gasteiger partial charge < -0.3 is 14.8 Å². The molecule has 0 aliphatic heterocycles. The Hall–Kier alpha value is -1.26. The number of hydrogen-bond donors (Lipinski definition) is 1. The summed E-state index contributed by atoms with van der Waals surface area (Å²) in [6.45, 7) is 6.36. The first-order valence-corrected chi connectivity index (χ1v) is 8.56. The minimum absolute atomic E-state index is 0. The monoisotopic (exact) mass is 381 g/mol. The molecule has 0 amide bonds. The standard InChI is InChI=1S/C20H27N3.2ClH/c1-4-23-19-9-6-5-8-17(19)18-14-16(10-11-20(18)23)15-21-12-7-13-22(2)3;;/h5-6,8-11,14,21H,4,7,12-13,15H2,1-3H3;2*1H. The van der Waals surface area contributed by atoms with E-state index < -0.39 is 0 Å². The molecule has 0 aliphatic rings. The van der Waals surface area contributed by atoms with Gasteiger partial charge >= 0.3 is 0 Å². The van der Waals surface area contributed by atoms with Crippen LogP contribution < -0.4 is 5.32 Å². The van der Waals surface area contributed by atoms with E-state index in [1.807, 2.05) is 0 Å². The van der Waals surface area contributed by atoms with E-state index in [4.69, 9.17) is 0 Å². The van der Waals surface area contributed by atoms with E-state index >= 15 is 0 Å². The summed E-state index contributed by atoms with van der Waals surface area (Å²) in [7, 11) is 4.24. The molecule has 25 heavy (non-hydrogen) atoms. The van der Waals surface area contributed by atoms with Gasteiger partial charge in [0.1, 0.15) is 0 Å². The van der Waals surface area contributed by atoms with Crippen LogP contribution in [0.15, 0.2) is 42.5 Å². The second kappa shape index (κ2) is 10.0. The first kappa shape index (κ1) is 21.8. The number of halogens is 2. The summed E-state index contributed by atoms with van der Waals surface area (Å²) in [4.78, 5) is 2.23. The Balaban J connectivity index is 0.00000156. The van der Waals surface area contributed by atoms with Gasteiger partial charge in [-0.1, -0.05) is 24.3 Å². The van der Waals surface area contributed by atoms with Gasteiger partial charge in [0.05, 0.1) is 0 Å². The third-order valence-electron chi connectivity index (χ3n) is 4.44. The van der Waals surface area contributed by atoms with Crippen molar-refractivity contribution in [1.82, 2.24) is 14.8 Å². The normalized spacial score (nSPS) is 10.9. The molecular formula is C20H29Cl2N3. The molecule has 0 unspecified atom stereocenters. The highest BCUT2D eigenvalue weighted by molar-refractivity contribution is 6.08. The van der Waals surface area contributed by atoms with Crippen molar-refractivity contribution in [1.29, 1.82) is 0 Å². The third-order valence-corrected chi connectivity index (χ3v) is 4.44. The van der Waals surface area contributed by atoms with Gasteiger partial charge in [0.2, 0.25) is 0 Å². The van der Waals surface area contributed by atoms with Crippen molar-refractivity contribution < 1.29 is 0 Å². The molecule has 0 saturated carbocycles. The quantitative estimate of drug-likeness (QED) is 0.598. The molecule has 1 N–H and O–H groups in total. The fourth-order valence-corrected chi connectivity index (χ4v) is 3.30. The third kappa shape index (κ3) is 4.89. The van der Waals surface area contributed by atoms with Gasteiger partial charge in [-0.05, 0) is 64.3 Å². The van der Waals surface area contributed by atoms with Crippen molar-refractivity contribution in [3.63, 3.8) is 0 Å². The fourth-order valence-electron chi connectivity index (χ4n) is 3.30. The van der Waals surface area contributed by atoms with Crippen molar-refractivity contribution in [3.05, 3.63) is 48.0 Å². The molecule has 0 fully saturated rings. The molecular weight excluding hydrogens is 353 g/mol. The SMILES string of the molecule is CCn1c2ccccc2c2cc(CNCCCN(C)C)ccc21.Cl.Cl. The molecule has 0 aliphatic carbocycles. The van der Waals surface area contributed by atoms with Crippen LogP contribution in [0.5, 0.6) is 0 Å². The first-order valence-electron chi connectivity index (χ1n) is 8.56. The van der Waals surface area contributed by atoms with Gasteiger partial charge in [0.15, 0.2) is 0 Å². The summed E-state index contributed by atoms with van der Waals surface area (Å²) in [5.41, 5.74) is 4.03. The van der Waals surface area contributed by atoms with Gasteiger partial charge in [-0.2, -0.15) is 0 Å². The fraction of sp³-hybridized carbons (Fsp3) is 0.400. The molecule has 3 aromatic rings. The molecule has 138 valence electrons.